The molecule has 0 bridgehead atoms. The lowest BCUT2D eigenvalue weighted by Gasteiger charge is -2.53. The molecule has 0 amide bonds. The lowest BCUT2D eigenvalue weighted by molar-refractivity contribution is -0.138. The molecule has 4 rings (SSSR count). The molecule has 5 atom stereocenters. The van der Waals surface area contributed by atoms with Gasteiger partial charge in [0.1, 0.15) is 5.75 Å². The third-order valence-corrected chi connectivity index (χ3v) is 7.63. The second-order valence-electron chi connectivity index (χ2n) is 8.92. The molecular formula is C22H27NO3. The van der Waals surface area contributed by atoms with E-state index in [0.29, 0.717) is 11.8 Å². The Morgan fingerprint density at radius 1 is 1.38 bits per heavy atom. The SMILES string of the molecule is COc1ccc2c(c1)CC[C@H]1[C@@H]3C[C@@H](CC(=O)O)C[C@@]3(C)CC[C@]21C#N. The molecular weight excluding hydrogens is 326 g/mol. The Hall–Kier alpha value is -2.02. The van der Waals surface area contributed by atoms with Crippen molar-refractivity contribution >= 4 is 5.97 Å². The summed E-state index contributed by atoms with van der Waals surface area (Å²) in [4.78, 5) is 11.2. The Morgan fingerprint density at radius 3 is 2.88 bits per heavy atom. The van der Waals surface area contributed by atoms with E-state index < -0.39 is 11.4 Å². The quantitative estimate of drug-likeness (QED) is 0.878. The zero-order valence-corrected chi connectivity index (χ0v) is 15.6. The molecule has 2 saturated carbocycles. The van der Waals surface area contributed by atoms with Crippen LogP contribution in [0.25, 0.3) is 0 Å². The van der Waals surface area contributed by atoms with E-state index in [0.717, 1.165) is 44.3 Å². The van der Waals surface area contributed by atoms with Crippen LogP contribution in [0.3, 0.4) is 0 Å². The molecule has 2 fully saturated rings. The highest BCUT2D eigenvalue weighted by Crippen LogP contribution is 2.64. The standard InChI is InChI=1S/C22H27NO3/c1-21-7-8-22(13-23)17-6-4-16(26-2)11-15(17)3-5-18(22)19(21)9-14(12-21)10-20(24)25/h4,6,11,14,18-19H,3,5,7-10,12H2,1-2H3,(H,24,25)/t14-,18-,19-,21+,22-/m0/s1. The van der Waals surface area contributed by atoms with Crippen LogP contribution in [0.4, 0.5) is 0 Å². The summed E-state index contributed by atoms with van der Waals surface area (Å²) in [5.41, 5.74) is 2.23. The van der Waals surface area contributed by atoms with E-state index in [2.05, 4.69) is 25.1 Å². The lowest BCUT2D eigenvalue weighted by atomic mass is 9.49. The number of aryl methyl sites for hydroxylation is 1. The van der Waals surface area contributed by atoms with Gasteiger partial charge in [-0.05, 0) is 85.0 Å². The lowest BCUT2D eigenvalue weighted by Crippen LogP contribution is -2.50. The molecule has 0 radical (unpaired) electrons. The highest BCUT2D eigenvalue weighted by molar-refractivity contribution is 5.67. The van der Waals surface area contributed by atoms with Crippen LogP contribution >= 0.6 is 0 Å². The number of carboxylic acid groups (broad SMARTS) is 1. The van der Waals surface area contributed by atoms with Gasteiger partial charge in [-0.1, -0.05) is 13.0 Å². The number of hydrogen-bond donors (Lipinski definition) is 1. The summed E-state index contributed by atoms with van der Waals surface area (Å²) in [6, 6.07) is 8.93. The maximum absolute atomic E-state index is 11.2. The van der Waals surface area contributed by atoms with Gasteiger partial charge in [0.15, 0.2) is 0 Å². The van der Waals surface area contributed by atoms with Crippen LogP contribution < -0.4 is 4.74 Å². The molecule has 138 valence electrons. The van der Waals surface area contributed by atoms with Crippen LogP contribution in [0.15, 0.2) is 18.2 Å². The zero-order valence-electron chi connectivity index (χ0n) is 15.6. The summed E-state index contributed by atoms with van der Waals surface area (Å²) in [5.74, 6) is 1.22. The molecule has 26 heavy (non-hydrogen) atoms. The second kappa shape index (κ2) is 6.01. The number of nitrogens with zero attached hydrogens (tertiary/aromatic N) is 1. The Morgan fingerprint density at radius 2 is 2.19 bits per heavy atom. The Bertz CT molecular complexity index is 782. The Labute approximate surface area is 155 Å². The smallest absolute Gasteiger partial charge is 0.303 e. The molecule has 0 aromatic heterocycles. The predicted molar refractivity (Wildman–Crippen MR) is 97.9 cm³/mol. The van der Waals surface area contributed by atoms with E-state index in [-0.39, 0.29) is 17.8 Å². The average Bonchev–Trinajstić information content (AvgIpc) is 2.95. The van der Waals surface area contributed by atoms with Gasteiger partial charge in [-0.2, -0.15) is 5.26 Å². The van der Waals surface area contributed by atoms with E-state index in [4.69, 9.17) is 4.74 Å². The fourth-order valence-electron chi connectivity index (χ4n) is 6.52. The van der Waals surface area contributed by atoms with E-state index in [1.807, 2.05) is 6.07 Å². The highest BCUT2D eigenvalue weighted by Gasteiger charge is 2.59. The van der Waals surface area contributed by atoms with Crippen molar-refractivity contribution < 1.29 is 14.6 Å². The second-order valence-corrected chi connectivity index (χ2v) is 8.92. The summed E-state index contributed by atoms with van der Waals surface area (Å²) in [6.07, 6.45) is 6.14. The average molecular weight is 353 g/mol. The minimum Gasteiger partial charge on any atom is -0.497 e. The Balaban J connectivity index is 1.72. The monoisotopic (exact) mass is 353 g/mol. The molecule has 3 aliphatic carbocycles. The summed E-state index contributed by atoms with van der Waals surface area (Å²) >= 11 is 0. The number of nitriles is 1. The number of carboxylic acids is 1. The Kier molecular flexibility index (Phi) is 4.02. The molecule has 4 heteroatoms. The normalized spacial score (nSPS) is 37.8. The first-order valence-corrected chi connectivity index (χ1v) is 9.72. The molecule has 1 N–H and O–H groups in total. The minimum atomic E-state index is -0.690. The molecule has 0 unspecified atom stereocenters. The number of hydrogen-bond acceptors (Lipinski definition) is 3. The topological polar surface area (TPSA) is 70.3 Å². The van der Waals surface area contributed by atoms with Crippen molar-refractivity contribution in [1.29, 1.82) is 5.26 Å². The largest absolute Gasteiger partial charge is 0.497 e. The highest BCUT2D eigenvalue weighted by atomic mass is 16.5. The third kappa shape index (κ3) is 2.44. The molecule has 0 aliphatic heterocycles. The number of carbonyl (C=O) groups is 1. The van der Waals surface area contributed by atoms with Gasteiger partial charge < -0.3 is 9.84 Å². The molecule has 1 aromatic carbocycles. The van der Waals surface area contributed by atoms with E-state index >= 15 is 0 Å². The first-order chi connectivity index (χ1) is 12.4. The maximum Gasteiger partial charge on any atom is 0.303 e. The van der Waals surface area contributed by atoms with E-state index in [9.17, 15) is 15.2 Å². The minimum absolute atomic E-state index is 0.190. The van der Waals surface area contributed by atoms with Crippen LogP contribution in [0, 0.1) is 34.5 Å². The number of aliphatic carboxylic acids is 1. The van der Waals surface area contributed by atoms with Gasteiger partial charge in [0, 0.05) is 6.42 Å². The van der Waals surface area contributed by atoms with Crippen LogP contribution in [-0.4, -0.2) is 18.2 Å². The van der Waals surface area contributed by atoms with Crippen molar-refractivity contribution in [3.05, 3.63) is 29.3 Å². The van der Waals surface area contributed by atoms with Crippen molar-refractivity contribution in [2.75, 3.05) is 7.11 Å². The van der Waals surface area contributed by atoms with Gasteiger partial charge >= 0.3 is 5.97 Å². The fraction of sp³-hybridized carbons (Fsp3) is 0.636. The summed E-state index contributed by atoms with van der Waals surface area (Å²) in [7, 11) is 1.68. The maximum atomic E-state index is 11.2. The number of ether oxygens (including phenoxy) is 1. The van der Waals surface area contributed by atoms with Gasteiger partial charge in [-0.15, -0.1) is 0 Å². The van der Waals surface area contributed by atoms with Gasteiger partial charge in [-0.25, -0.2) is 0 Å². The van der Waals surface area contributed by atoms with Crippen LogP contribution in [0.5, 0.6) is 5.75 Å². The molecule has 0 spiro atoms. The fourth-order valence-corrected chi connectivity index (χ4v) is 6.52. The van der Waals surface area contributed by atoms with Crippen LogP contribution in [0.2, 0.25) is 0 Å². The number of fused-ring (bicyclic) bond motifs is 5. The van der Waals surface area contributed by atoms with Crippen LogP contribution in [-0.2, 0) is 16.6 Å². The first-order valence-electron chi connectivity index (χ1n) is 9.72. The van der Waals surface area contributed by atoms with Gasteiger partial charge in [0.25, 0.3) is 0 Å². The molecule has 4 nitrogen and oxygen atoms in total. The molecule has 0 heterocycles. The number of methoxy groups -OCH3 is 1. The van der Waals surface area contributed by atoms with E-state index in [1.54, 1.807) is 7.11 Å². The van der Waals surface area contributed by atoms with Gasteiger partial charge in [0.2, 0.25) is 0 Å². The molecule has 1 aromatic rings. The predicted octanol–water partition coefficient (Wildman–Crippen LogP) is 4.32. The summed E-state index contributed by atoms with van der Waals surface area (Å²) in [5, 5.41) is 19.5. The van der Waals surface area contributed by atoms with E-state index in [1.165, 1.54) is 11.1 Å². The summed E-state index contributed by atoms with van der Waals surface area (Å²) < 4.78 is 5.38. The van der Waals surface area contributed by atoms with Crippen molar-refractivity contribution in [3.8, 4) is 11.8 Å². The van der Waals surface area contributed by atoms with Crippen LogP contribution in [0.1, 0.15) is 56.6 Å². The summed E-state index contributed by atoms with van der Waals surface area (Å²) in [6.45, 7) is 2.34. The van der Waals surface area contributed by atoms with Gasteiger partial charge in [0.05, 0.1) is 18.6 Å². The van der Waals surface area contributed by atoms with Crippen molar-refractivity contribution in [1.82, 2.24) is 0 Å². The zero-order chi connectivity index (χ0) is 18.5. The van der Waals surface area contributed by atoms with Crippen molar-refractivity contribution in [3.63, 3.8) is 0 Å². The van der Waals surface area contributed by atoms with Crippen molar-refractivity contribution in [2.24, 2.45) is 23.2 Å². The molecule has 3 aliphatic rings. The van der Waals surface area contributed by atoms with Crippen molar-refractivity contribution in [2.45, 2.75) is 57.3 Å². The number of benzene rings is 1. The number of rotatable bonds is 3. The molecule has 0 saturated heterocycles. The van der Waals surface area contributed by atoms with Gasteiger partial charge in [-0.3, -0.25) is 4.79 Å². The third-order valence-electron chi connectivity index (χ3n) is 7.63. The first kappa shape index (κ1) is 17.4.